The molecule has 0 fully saturated rings. The lowest BCUT2D eigenvalue weighted by Crippen LogP contribution is -2.49. The van der Waals surface area contributed by atoms with Crippen molar-refractivity contribution in [2.75, 3.05) is 0 Å². The zero-order valence-electron chi connectivity index (χ0n) is 6.98. The number of hydrogen-bond acceptors (Lipinski definition) is 0. The molecule has 78 valence electrons. The maximum Gasteiger partial charge on any atom is 0.407 e. The number of rotatable bonds is 1. The molecule has 0 nitrogen and oxygen atoms in total. The molecule has 0 spiro atoms. The molecule has 0 saturated carbocycles. The second-order valence-corrected chi connectivity index (χ2v) is 2.91. The lowest BCUT2D eigenvalue weighted by atomic mass is 9.77. The SMILES string of the molecule is C=CC1(C(F)(F)F)C=CC=CC1(F)F. The van der Waals surface area contributed by atoms with Crippen molar-refractivity contribution in [2.24, 2.45) is 5.41 Å². The summed E-state index contributed by atoms with van der Waals surface area (Å²) in [5.41, 5.74) is -3.28. The van der Waals surface area contributed by atoms with Crippen LogP contribution in [0.5, 0.6) is 0 Å². The van der Waals surface area contributed by atoms with Crippen LogP contribution in [0.4, 0.5) is 22.0 Å². The maximum absolute atomic E-state index is 13.1. The molecule has 0 aromatic heterocycles. The summed E-state index contributed by atoms with van der Waals surface area (Å²) < 4.78 is 63.6. The van der Waals surface area contributed by atoms with Gasteiger partial charge in [0.25, 0.3) is 5.92 Å². The van der Waals surface area contributed by atoms with E-state index in [0.717, 1.165) is 12.2 Å². The molecule has 0 bridgehead atoms. The van der Waals surface area contributed by atoms with Crippen LogP contribution in [0.1, 0.15) is 0 Å². The van der Waals surface area contributed by atoms with Gasteiger partial charge >= 0.3 is 6.18 Å². The van der Waals surface area contributed by atoms with Crippen molar-refractivity contribution in [1.29, 1.82) is 0 Å². The molecule has 1 rings (SSSR count). The zero-order valence-corrected chi connectivity index (χ0v) is 6.98. The number of alkyl halides is 5. The van der Waals surface area contributed by atoms with Crippen LogP contribution in [0.2, 0.25) is 0 Å². The van der Waals surface area contributed by atoms with Crippen molar-refractivity contribution in [2.45, 2.75) is 12.1 Å². The van der Waals surface area contributed by atoms with E-state index in [1.165, 1.54) is 0 Å². The topological polar surface area (TPSA) is 0 Å². The van der Waals surface area contributed by atoms with Gasteiger partial charge in [0.2, 0.25) is 0 Å². The average Bonchev–Trinajstić information content (AvgIpc) is 2.01. The van der Waals surface area contributed by atoms with Crippen molar-refractivity contribution in [3.63, 3.8) is 0 Å². The van der Waals surface area contributed by atoms with Crippen molar-refractivity contribution >= 4 is 0 Å². The maximum atomic E-state index is 13.1. The third-order valence-electron chi connectivity index (χ3n) is 2.12. The second kappa shape index (κ2) is 2.93. The van der Waals surface area contributed by atoms with Crippen molar-refractivity contribution in [3.8, 4) is 0 Å². The minimum Gasteiger partial charge on any atom is -0.200 e. The Morgan fingerprint density at radius 3 is 1.86 bits per heavy atom. The molecular weight excluding hydrogens is 203 g/mol. The molecule has 1 unspecified atom stereocenters. The average molecular weight is 210 g/mol. The van der Waals surface area contributed by atoms with Crippen LogP contribution in [-0.2, 0) is 0 Å². The van der Waals surface area contributed by atoms with E-state index >= 15 is 0 Å². The lowest BCUT2D eigenvalue weighted by Gasteiger charge is -2.36. The summed E-state index contributed by atoms with van der Waals surface area (Å²) >= 11 is 0. The number of hydrogen-bond donors (Lipinski definition) is 0. The van der Waals surface area contributed by atoms with Crippen molar-refractivity contribution in [3.05, 3.63) is 37.0 Å². The molecule has 0 aliphatic heterocycles. The lowest BCUT2D eigenvalue weighted by molar-refractivity contribution is -0.245. The summed E-state index contributed by atoms with van der Waals surface area (Å²) in [6, 6.07) is 0. The van der Waals surface area contributed by atoms with Crippen LogP contribution in [0.25, 0.3) is 0 Å². The van der Waals surface area contributed by atoms with Gasteiger partial charge in [-0.05, 0) is 6.08 Å². The Bertz CT molecular complexity index is 297. The monoisotopic (exact) mass is 210 g/mol. The molecule has 1 aliphatic rings. The Hall–Kier alpha value is -1.13. The summed E-state index contributed by atoms with van der Waals surface area (Å²) in [6.07, 6.45) is -2.37. The minimum absolute atomic E-state index is 0.224. The van der Waals surface area contributed by atoms with Gasteiger partial charge in [-0.1, -0.05) is 24.3 Å². The fourth-order valence-corrected chi connectivity index (χ4v) is 1.24. The van der Waals surface area contributed by atoms with Crippen LogP contribution in [0.3, 0.4) is 0 Å². The minimum atomic E-state index is -5.06. The van der Waals surface area contributed by atoms with Crippen LogP contribution < -0.4 is 0 Å². The molecule has 0 amide bonds. The predicted octanol–water partition coefficient (Wildman–Crippen LogP) is 3.48. The zero-order chi connectivity index (χ0) is 11.0. The molecule has 0 aromatic carbocycles. The van der Waals surface area contributed by atoms with Gasteiger partial charge < -0.3 is 0 Å². The highest BCUT2D eigenvalue weighted by atomic mass is 19.4. The first-order chi connectivity index (χ1) is 6.27. The first-order valence-corrected chi connectivity index (χ1v) is 3.72. The van der Waals surface area contributed by atoms with Gasteiger partial charge in [0.05, 0.1) is 0 Å². The standard InChI is InChI=1S/C9H7F5/c1-2-7(9(12,13)14)5-3-4-6-8(7,10)11/h2-6H,1H2. The quantitative estimate of drug-likeness (QED) is 0.459. The second-order valence-electron chi connectivity index (χ2n) is 2.91. The third kappa shape index (κ3) is 1.27. The fraction of sp³-hybridized carbons (Fsp3) is 0.333. The first-order valence-electron chi connectivity index (χ1n) is 3.72. The molecule has 0 saturated heterocycles. The highest BCUT2D eigenvalue weighted by Gasteiger charge is 2.65. The summed E-state index contributed by atoms with van der Waals surface area (Å²) in [4.78, 5) is 0. The van der Waals surface area contributed by atoms with Gasteiger partial charge in [0, 0.05) is 0 Å². The van der Waals surface area contributed by atoms with Gasteiger partial charge in [-0.25, -0.2) is 8.78 Å². The largest absolute Gasteiger partial charge is 0.407 e. The van der Waals surface area contributed by atoms with E-state index in [1.54, 1.807) is 0 Å². The fourth-order valence-electron chi connectivity index (χ4n) is 1.24. The van der Waals surface area contributed by atoms with Crippen molar-refractivity contribution < 1.29 is 22.0 Å². The normalized spacial score (nSPS) is 30.4. The van der Waals surface area contributed by atoms with Gasteiger partial charge in [-0.3, -0.25) is 0 Å². The van der Waals surface area contributed by atoms with E-state index in [4.69, 9.17) is 0 Å². The predicted molar refractivity (Wildman–Crippen MR) is 41.9 cm³/mol. The molecule has 0 radical (unpaired) electrons. The van der Waals surface area contributed by atoms with E-state index < -0.39 is 17.5 Å². The van der Waals surface area contributed by atoms with Crippen molar-refractivity contribution in [1.82, 2.24) is 0 Å². The van der Waals surface area contributed by atoms with E-state index in [0.29, 0.717) is 6.08 Å². The third-order valence-corrected chi connectivity index (χ3v) is 2.12. The Labute approximate surface area is 77.4 Å². The molecule has 0 heterocycles. The van der Waals surface area contributed by atoms with Gasteiger partial charge in [-0.2, -0.15) is 13.2 Å². The van der Waals surface area contributed by atoms with Crippen LogP contribution in [-0.4, -0.2) is 12.1 Å². The van der Waals surface area contributed by atoms with Gasteiger partial charge in [-0.15, -0.1) is 6.58 Å². The highest BCUT2D eigenvalue weighted by Crippen LogP contribution is 2.53. The van der Waals surface area contributed by atoms with E-state index in [9.17, 15) is 22.0 Å². The summed E-state index contributed by atoms with van der Waals surface area (Å²) in [5.74, 6) is -3.98. The van der Waals surface area contributed by atoms with E-state index in [-0.39, 0.29) is 12.2 Å². The Kier molecular flexibility index (Phi) is 2.29. The molecule has 0 N–H and O–H groups in total. The van der Waals surface area contributed by atoms with E-state index in [2.05, 4.69) is 6.58 Å². The Balaban J connectivity index is 3.31. The molecule has 0 aromatic rings. The Morgan fingerprint density at radius 2 is 1.57 bits per heavy atom. The van der Waals surface area contributed by atoms with Crippen LogP contribution >= 0.6 is 0 Å². The van der Waals surface area contributed by atoms with Crippen LogP contribution in [0.15, 0.2) is 37.0 Å². The molecular formula is C9H7F5. The highest BCUT2D eigenvalue weighted by molar-refractivity contribution is 5.31. The Morgan fingerprint density at radius 1 is 1.07 bits per heavy atom. The van der Waals surface area contributed by atoms with Crippen LogP contribution in [0, 0.1) is 5.41 Å². The summed E-state index contributed by atoms with van der Waals surface area (Å²) in [6.45, 7) is 2.83. The molecule has 14 heavy (non-hydrogen) atoms. The number of allylic oxidation sites excluding steroid dienone is 5. The smallest absolute Gasteiger partial charge is 0.200 e. The van der Waals surface area contributed by atoms with E-state index in [1.807, 2.05) is 0 Å². The molecule has 5 heteroatoms. The number of halogens is 5. The summed E-state index contributed by atoms with van der Waals surface area (Å²) in [5, 5.41) is 0. The molecule has 1 aliphatic carbocycles. The summed E-state index contributed by atoms with van der Waals surface area (Å²) in [7, 11) is 0. The molecule has 1 atom stereocenters. The first kappa shape index (κ1) is 10.9. The van der Waals surface area contributed by atoms with Gasteiger partial charge in [0.15, 0.2) is 5.41 Å². The van der Waals surface area contributed by atoms with Gasteiger partial charge in [0.1, 0.15) is 0 Å².